The van der Waals surface area contributed by atoms with Crippen molar-refractivity contribution < 1.29 is 9.13 Å². The summed E-state index contributed by atoms with van der Waals surface area (Å²) in [6.07, 6.45) is 3.04. The molecule has 0 spiro atoms. The van der Waals surface area contributed by atoms with Crippen LogP contribution in [0.5, 0.6) is 0 Å². The third kappa shape index (κ3) is 3.77. The van der Waals surface area contributed by atoms with Gasteiger partial charge in [-0.25, -0.2) is 9.37 Å². The van der Waals surface area contributed by atoms with E-state index in [1.807, 2.05) is 49.5 Å². The van der Waals surface area contributed by atoms with E-state index in [4.69, 9.17) is 10.5 Å². The number of fused-ring (bicyclic) bond motifs is 1. The van der Waals surface area contributed by atoms with Gasteiger partial charge < -0.3 is 20.7 Å². The van der Waals surface area contributed by atoms with Crippen molar-refractivity contribution in [1.82, 2.24) is 14.5 Å². The lowest BCUT2D eigenvalue weighted by Crippen LogP contribution is -2.36. The number of ether oxygens (including phenoxy) is 1. The molecule has 7 nitrogen and oxygen atoms in total. The van der Waals surface area contributed by atoms with Crippen LogP contribution in [0.25, 0.3) is 16.7 Å². The Kier molecular flexibility index (Phi) is 4.91. The van der Waals surface area contributed by atoms with E-state index in [2.05, 4.69) is 20.2 Å². The standard InChI is InChI=1S/C23H23FN6O/c1-15-14-30(21-7-2-16(25)12-19(15)21)22-20(24)13-26-23(28-22)27-17-3-5-18(6-4-17)29-8-10-31-11-9-29/h2-7,12-14H,8-11,25H2,1H3,(H,26,27,28). The molecule has 1 aliphatic heterocycles. The average Bonchev–Trinajstić information content (AvgIpc) is 3.12. The molecule has 3 N–H and O–H groups in total. The van der Waals surface area contributed by atoms with Gasteiger partial charge in [-0.2, -0.15) is 4.98 Å². The first-order chi connectivity index (χ1) is 15.1. The second kappa shape index (κ2) is 7.88. The van der Waals surface area contributed by atoms with Crippen molar-refractivity contribution in [3.05, 3.63) is 66.2 Å². The highest BCUT2D eigenvalue weighted by atomic mass is 19.1. The van der Waals surface area contributed by atoms with Gasteiger partial charge in [0.05, 0.1) is 24.9 Å². The average molecular weight is 418 g/mol. The number of hydrogen-bond donors (Lipinski definition) is 2. The topological polar surface area (TPSA) is 81.2 Å². The number of nitrogens with zero attached hydrogens (tertiary/aromatic N) is 4. The van der Waals surface area contributed by atoms with Crippen LogP contribution in [0, 0.1) is 12.7 Å². The molecule has 1 saturated heterocycles. The number of rotatable bonds is 4. The van der Waals surface area contributed by atoms with Crippen molar-refractivity contribution in [2.24, 2.45) is 0 Å². The summed E-state index contributed by atoms with van der Waals surface area (Å²) in [5.74, 6) is 0.0118. The highest BCUT2D eigenvalue weighted by Gasteiger charge is 2.15. The second-order valence-electron chi connectivity index (χ2n) is 7.60. The van der Waals surface area contributed by atoms with Gasteiger partial charge >= 0.3 is 0 Å². The van der Waals surface area contributed by atoms with Crippen LogP contribution in [0.1, 0.15) is 5.56 Å². The quantitative estimate of drug-likeness (QED) is 0.487. The molecule has 3 heterocycles. The molecule has 8 heteroatoms. The van der Waals surface area contributed by atoms with E-state index in [9.17, 15) is 4.39 Å². The summed E-state index contributed by atoms with van der Waals surface area (Å²) in [7, 11) is 0. The summed E-state index contributed by atoms with van der Waals surface area (Å²) in [4.78, 5) is 10.8. The van der Waals surface area contributed by atoms with Crippen LogP contribution >= 0.6 is 0 Å². The van der Waals surface area contributed by atoms with Crippen LogP contribution < -0.4 is 16.0 Å². The van der Waals surface area contributed by atoms with Crippen LogP contribution in [0.15, 0.2) is 54.9 Å². The molecular formula is C23H23FN6O. The van der Waals surface area contributed by atoms with Crippen LogP contribution in [-0.2, 0) is 4.74 Å². The van der Waals surface area contributed by atoms with Gasteiger partial charge in [-0.1, -0.05) is 0 Å². The van der Waals surface area contributed by atoms with Gasteiger partial charge in [0.25, 0.3) is 0 Å². The van der Waals surface area contributed by atoms with Crippen molar-refractivity contribution >= 4 is 33.9 Å². The smallest absolute Gasteiger partial charge is 0.229 e. The predicted molar refractivity (Wildman–Crippen MR) is 121 cm³/mol. The van der Waals surface area contributed by atoms with Gasteiger partial charge in [0, 0.05) is 41.7 Å². The molecule has 4 aromatic rings. The SMILES string of the molecule is Cc1cn(-c2nc(Nc3ccc(N4CCOCC4)cc3)ncc2F)c2ccc(N)cc12. The van der Waals surface area contributed by atoms with Crippen molar-refractivity contribution in [3.8, 4) is 5.82 Å². The third-order valence-corrected chi connectivity index (χ3v) is 5.48. The number of anilines is 4. The maximum Gasteiger partial charge on any atom is 0.229 e. The van der Waals surface area contributed by atoms with Gasteiger partial charge in [0.15, 0.2) is 11.6 Å². The predicted octanol–water partition coefficient (Wildman–Crippen LogP) is 4.03. The minimum atomic E-state index is -0.498. The maximum absolute atomic E-state index is 14.7. The number of aryl methyl sites for hydroxylation is 1. The first-order valence-electron chi connectivity index (χ1n) is 10.2. The van der Waals surface area contributed by atoms with Gasteiger partial charge in [-0.15, -0.1) is 0 Å². The lowest BCUT2D eigenvalue weighted by Gasteiger charge is -2.28. The summed E-state index contributed by atoms with van der Waals surface area (Å²) < 4.78 is 21.8. The monoisotopic (exact) mass is 418 g/mol. The maximum atomic E-state index is 14.7. The molecule has 0 bridgehead atoms. The van der Waals surface area contributed by atoms with Gasteiger partial charge in [0.1, 0.15) is 0 Å². The largest absolute Gasteiger partial charge is 0.399 e. The van der Waals surface area contributed by atoms with E-state index >= 15 is 0 Å². The Morgan fingerprint density at radius 2 is 1.87 bits per heavy atom. The summed E-state index contributed by atoms with van der Waals surface area (Å²) in [5, 5.41) is 4.13. The first kappa shape index (κ1) is 19.3. The van der Waals surface area contributed by atoms with Gasteiger partial charge in [-0.05, 0) is 55.0 Å². The fourth-order valence-electron chi connectivity index (χ4n) is 3.88. The number of hydrogen-bond acceptors (Lipinski definition) is 6. The first-order valence-corrected chi connectivity index (χ1v) is 10.2. The molecule has 0 saturated carbocycles. The Morgan fingerprint density at radius 3 is 2.65 bits per heavy atom. The Labute approximate surface area is 179 Å². The normalized spacial score (nSPS) is 14.2. The number of nitrogen functional groups attached to an aromatic ring is 1. The molecule has 0 unspecified atom stereocenters. The van der Waals surface area contributed by atoms with Crippen molar-refractivity contribution in [2.45, 2.75) is 6.92 Å². The van der Waals surface area contributed by atoms with E-state index < -0.39 is 5.82 Å². The molecule has 0 amide bonds. The molecule has 1 fully saturated rings. The Bertz CT molecular complexity index is 1230. The number of halogens is 1. The van der Waals surface area contributed by atoms with Crippen LogP contribution in [0.2, 0.25) is 0 Å². The van der Waals surface area contributed by atoms with Crippen LogP contribution in [0.3, 0.4) is 0 Å². The number of nitrogens with one attached hydrogen (secondary N) is 1. The highest BCUT2D eigenvalue weighted by molar-refractivity contribution is 5.87. The summed E-state index contributed by atoms with van der Waals surface area (Å²) >= 11 is 0. The van der Waals surface area contributed by atoms with E-state index in [-0.39, 0.29) is 5.82 Å². The van der Waals surface area contributed by atoms with E-state index in [1.165, 1.54) is 6.20 Å². The lowest BCUT2D eigenvalue weighted by atomic mass is 10.2. The van der Waals surface area contributed by atoms with E-state index in [0.717, 1.165) is 54.1 Å². The molecule has 5 rings (SSSR count). The molecule has 2 aromatic carbocycles. The minimum Gasteiger partial charge on any atom is -0.399 e. The summed E-state index contributed by atoms with van der Waals surface area (Å²) in [5.41, 5.74) is 10.4. The lowest BCUT2D eigenvalue weighted by molar-refractivity contribution is 0.122. The minimum absolute atomic E-state index is 0.185. The molecule has 2 aromatic heterocycles. The second-order valence-corrected chi connectivity index (χ2v) is 7.60. The fraction of sp³-hybridized carbons (Fsp3) is 0.217. The fourth-order valence-corrected chi connectivity index (χ4v) is 3.88. The molecule has 1 aliphatic rings. The Hall–Kier alpha value is -3.65. The molecular weight excluding hydrogens is 395 g/mol. The van der Waals surface area contributed by atoms with Gasteiger partial charge in [0.2, 0.25) is 5.95 Å². The number of benzene rings is 2. The third-order valence-electron chi connectivity index (χ3n) is 5.48. The van der Waals surface area contributed by atoms with Crippen LogP contribution in [0.4, 0.5) is 27.4 Å². The zero-order chi connectivity index (χ0) is 21.4. The van der Waals surface area contributed by atoms with Crippen molar-refractivity contribution in [1.29, 1.82) is 0 Å². The Morgan fingerprint density at radius 1 is 1.10 bits per heavy atom. The molecule has 0 atom stereocenters. The number of aromatic nitrogens is 3. The van der Waals surface area contributed by atoms with Crippen molar-refractivity contribution in [3.63, 3.8) is 0 Å². The number of morpholine rings is 1. The van der Waals surface area contributed by atoms with Gasteiger partial charge in [-0.3, -0.25) is 4.57 Å². The van der Waals surface area contributed by atoms with E-state index in [0.29, 0.717) is 11.6 Å². The molecule has 31 heavy (non-hydrogen) atoms. The Balaban J connectivity index is 1.43. The highest BCUT2D eigenvalue weighted by Crippen LogP contribution is 2.27. The summed E-state index contributed by atoms with van der Waals surface area (Å²) in [6, 6.07) is 13.6. The zero-order valence-electron chi connectivity index (χ0n) is 17.2. The molecule has 0 radical (unpaired) electrons. The summed E-state index contributed by atoms with van der Waals surface area (Å²) in [6.45, 7) is 5.21. The number of nitrogens with two attached hydrogens (primary N) is 1. The zero-order valence-corrected chi connectivity index (χ0v) is 17.2. The van der Waals surface area contributed by atoms with Crippen LogP contribution in [-0.4, -0.2) is 40.8 Å². The van der Waals surface area contributed by atoms with E-state index in [1.54, 1.807) is 10.6 Å². The molecule has 158 valence electrons. The van der Waals surface area contributed by atoms with Crippen molar-refractivity contribution in [2.75, 3.05) is 42.3 Å². The molecule has 0 aliphatic carbocycles.